The van der Waals surface area contributed by atoms with E-state index in [0.717, 1.165) is 43.7 Å². The van der Waals surface area contributed by atoms with Crippen LogP contribution in [-0.4, -0.2) is 43.1 Å². The summed E-state index contributed by atoms with van der Waals surface area (Å²) in [6, 6.07) is 16.9. The van der Waals surface area contributed by atoms with Gasteiger partial charge >= 0.3 is 0 Å². The van der Waals surface area contributed by atoms with E-state index in [1.807, 2.05) is 12.1 Å². The van der Waals surface area contributed by atoms with Gasteiger partial charge in [0.1, 0.15) is 17.5 Å². The number of ether oxygens (including phenoxy) is 1. The van der Waals surface area contributed by atoms with Crippen molar-refractivity contribution in [3.8, 4) is 5.75 Å². The topological polar surface area (TPSA) is 53.6 Å². The van der Waals surface area contributed by atoms with Crippen molar-refractivity contribution in [3.63, 3.8) is 0 Å². The Morgan fingerprint density at radius 3 is 2.26 bits per heavy atom. The number of carbonyl (C=O) groups excluding carboxylic acids is 1. The number of carbonyl (C=O) groups is 1. The number of methoxy groups -OCH3 is 1. The molecule has 0 bridgehead atoms. The first-order valence-electron chi connectivity index (χ1n) is 11.4. The van der Waals surface area contributed by atoms with Crippen molar-refractivity contribution in [2.24, 2.45) is 0 Å². The number of nitrogens with one attached hydrogen (secondary N) is 2. The predicted octanol–water partition coefficient (Wildman–Crippen LogP) is 3.79. The van der Waals surface area contributed by atoms with Crippen LogP contribution in [0.2, 0.25) is 0 Å². The molecular formula is C26H35N3O2. The summed E-state index contributed by atoms with van der Waals surface area (Å²) < 4.78 is 5.27. The van der Waals surface area contributed by atoms with Gasteiger partial charge in [0.05, 0.1) is 7.11 Å². The minimum Gasteiger partial charge on any atom is -0.497 e. The van der Waals surface area contributed by atoms with Crippen LogP contribution in [0.3, 0.4) is 0 Å². The number of rotatable bonds is 5. The summed E-state index contributed by atoms with van der Waals surface area (Å²) >= 11 is 0. The Morgan fingerprint density at radius 2 is 1.68 bits per heavy atom. The maximum absolute atomic E-state index is 13.6. The molecule has 0 aromatic heterocycles. The molecule has 2 aliphatic rings. The molecule has 0 saturated carbocycles. The van der Waals surface area contributed by atoms with Crippen molar-refractivity contribution in [1.29, 1.82) is 0 Å². The molecule has 2 aromatic carbocycles. The lowest BCUT2D eigenvalue weighted by Gasteiger charge is -2.32. The Labute approximate surface area is 186 Å². The standard InChI is InChI=1S/C26H35N3O2/c1-25(2,3)21-9-7-20(8-10-21)23-28-26(14-16-27-17-15-26)24(30)29(23)18-13-19-5-11-22(31-4)12-6-19/h5-12,23,27-28H,13-18H2,1-4H3. The number of hydrogen-bond acceptors (Lipinski definition) is 4. The monoisotopic (exact) mass is 421 g/mol. The fraction of sp³-hybridized carbons (Fsp3) is 0.500. The Morgan fingerprint density at radius 1 is 1.03 bits per heavy atom. The molecule has 1 atom stereocenters. The van der Waals surface area contributed by atoms with Crippen LogP contribution in [0.25, 0.3) is 0 Å². The van der Waals surface area contributed by atoms with Gasteiger partial charge in [-0.1, -0.05) is 57.2 Å². The summed E-state index contributed by atoms with van der Waals surface area (Å²) in [5, 5.41) is 7.15. The molecule has 2 heterocycles. The fourth-order valence-electron chi connectivity index (χ4n) is 4.71. The van der Waals surface area contributed by atoms with Gasteiger partial charge in [-0.05, 0) is 66.6 Å². The average molecular weight is 422 g/mol. The van der Waals surface area contributed by atoms with Gasteiger partial charge in [0.15, 0.2) is 0 Å². The molecule has 1 amide bonds. The first kappa shape index (κ1) is 21.8. The Kier molecular flexibility index (Phi) is 6.09. The molecule has 2 N–H and O–H groups in total. The summed E-state index contributed by atoms with van der Waals surface area (Å²) in [6.45, 7) is 9.13. The van der Waals surface area contributed by atoms with Gasteiger partial charge < -0.3 is 15.0 Å². The molecule has 1 spiro atoms. The number of hydrogen-bond donors (Lipinski definition) is 2. The third kappa shape index (κ3) is 4.48. The van der Waals surface area contributed by atoms with Crippen molar-refractivity contribution in [2.45, 2.75) is 57.2 Å². The number of piperidine rings is 1. The van der Waals surface area contributed by atoms with Gasteiger partial charge in [-0.25, -0.2) is 0 Å². The minimum atomic E-state index is -0.446. The second kappa shape index (κ2) is 8.64. The Balaban J connectivity index is 1.58. The van der Waals surface area contributed by atoms with Gasteiger partial charge in [-0.2, -0.15) is 0 Å². The van der Waals surface area contributed by atoms with Crippen molar-refractivity contribution in [3.05, 3.63) is 65.2 Å². The van der Waals surface area contributed by atoms with Crippen LogP contribution in [0, 0.1) is 0 Å². The van der Waals surface area contributed by atoms with E-state index in [0.29, 0.717) is 6.54 Å². The van der Waals surface area contributed by atoms with Crippen molar-refractivity contribution in [2.75, 3.05) is 26.7 Å². The summed E-state index contributed by atoms with van der Waals surface area (Å²) in [7, 11) is 1.68. The lowest BCUT2D eigenvalue weighted by atomic mass is 9.86. The molecular weight excluding hydrogens is 386 g/mol. The average Bonchev–Trinajstić information content (AvgIpc) is 3.04. The number of benzene rings is 2. The van der Waals surface area contributed by atoms with E-state index in [9.17, 15) is 4.79 Å². The summed E-state index contributed by atoms with van der Waals surface area (Å²) in [6.07, 6.45) is 2.41. The highest BCUT2D eigenvalue weighted by atomic mass is 16.5. The summed E-state index contributed by atoms with van der Waals surface area (Å²) in [4.78, 5) is 15.7. The zero-order valence-electron chi connectivity index (χ0n) is 19.2. The third-order valence-electron chi connectivity index (χ3n) is 6.74. The maximum atomic E-state index is 13.6. The second-order valence-corrected chi connectivity index (χ2v) is 9.85. The van der Waals surface area contributed by atoms with Crippen LogP contribution in [0.5, 0.6) is 5.75 Å². The maximum Gasteiger partial charge on any atom is 0.244 e. The van der Waals surface area contributed by atoms with Crippen molar-refractivity contribution < 1.29 is 9.53 Å². The van der Waals surface area contributed by atoms with Crippen LogP contribution < -0.4 is 15.4 Å². The summed E-state index contributed by atoms with van der Waals surface area (Å²) in [5.41, 5.74) is 3.34. The normalized spacial score (nSPS) is 21.0. The summed E-state index contributed by atoms with van der Waals surface area (Å²) in [5.74, 6) is 1.10. The van der Waals surface area contributed by atoms with E-state index in [1.165, 1.54) is 11.1 Å². The second-order valence-electron chi connectivity index (χ2n) is 9.85. The highest BCUT2D eigenvalue weighted by Crippen LogP contribution is 2.36. The quantitative estimate of drug-likeness (QED) is 0.771. The SMILES string of the molecule is COc1ccc(CCN2C(=O)C3(CCNCC3)NC2c2ccc(C(C)(C)C)cc2)cc1. The molecule has 1 unspecified atom stereocenters. The lowest BCUT2D eigenvalue weighted by Crippen LogP contribution is -2.53. The highest BCUT2D eigenvalue weighted by molar-refractivity contribution is 5.89. The molecule has 4 rings (SSSR count). The molecule has 31 heavy (non-hydrogen) atoms. The largest absolute Gasteiger partial charge is 0.497 e. The molecule has 5 heteroatoms. The van der Waals surface area contributed by atoms with E-state index >= 15 is 0 Å². The van der Waals surface area contributed by atoms with E-state index in [-0.39, 0.29) is 17.5 Å². The van der Waals surface area contributed by atoms with Crippen molar-refractivity contribution in [1.82, 2.24) is 15.5 Å². The molecule has 166 valence electrons. The van der Waals surface area contributed by atoms with Crippen LogP contribution >= 0.6 is 0 Å². The first-order chi connectivity index (χ1) is 14.8. The highest BCUT2D eigenvalue weighted by Gasteiger charge is 2.51. The van der Waals surface area contributed by atoms with E-state index in [2.05, 4.69) is 72.7 Å². The van der Waals surface area contributed by atoms with E-state index in [1.54, 1.807) is 7.11 Å². The van der Waals surface area contributed by atoms with Gasteiger partial charge in [-0.15, -0.1) is 0 Å². The predicted molar refractivity (Wildman–Crippen MR) is 124 cm³/mol. The van der Waals surface area contributed by atoms with Gasteiger partial charge in [0, 0.05) is 6.54 Å². The molecule has 2 aliphatic heterocycles. The molecule has 0 aliphatic carbocycles. The van der Waals surface area contributed by atoms with Crippen LogP contribution in [0.4, 0.5) is 0 Å². The van der Waals surface area contributed by atoms with Gasteiger partial charge in [-0.3, -0.25) is 10.1 Å². The van der Waals surface area contributed by atoms with Crippen LogP contribution in [0.1, 0.15) is 56.5 Å². The molecule has 2 aromatic rings. The van der Waals surface area contributed by atoms with Crippen molar-refractivity contribution >= 4 is 5.91 Å². The third-order valence-corrected chi connectivity index (χ3v) is 6.74. The lowest BCUT2D eigenvalue weighted by molar-refractivity contribution is -0.134. The Hall–Kier alpha value is -2.37. The zero-order valence-corrected chi connectivity index (χ0v) is 19.2. The van der Waals surface area contributed by atoms with E-state index in [4.69, 9.17) is 4.74 Å². The minimum absolute atomic E-state index is 0.0853. The first-order valence-corrected chi connectivity index (χ1v) is 11.4. The Bertz CT molecular complexity index is 894. The smallest absolute Gasteiger partial charge is 0.244 e. The van der Waals surface area contributed by atoms with Gasteiger partial charge in [0.25, 0.3) is 0 Å². The fourth-order valence-corrected chi connectivity index (χ4v) is 4.71. The number of amides is 1. The molecule has 2 fully saturated rings. The van der Waals surface area contributed by atoms with Crippen LogP contribution in [-0.2, 0) is 16.6 Å². The zero-order chi connectivity index (χ0) is 22.1. The van der Waals surface area contributed by atoms with E-state index < -0.39 is 5.54 Å². The molecule has 5 nitrogen and oxygen atoms in total. The van der Waals surface area contributed by atoms with Crippen LogP contribution in [0.15, 0.2) is 48.5 Å². The van der Waals surface area contributed by atoms with Gasteiger partial charge in [0.2, 0.25) is 5.91 Å². The number of nitrogens with zero attached hydrogens (tertiary/aromatic N) is 1. The molecule has 0 radical (unpaired) electrons. The molecule has 2 saturated heterocycles.